The average Bonchev–Trinajstić information content (AvgIpc) is 2.48. The van der Waals surface area contributed by atoms with Gasteiger partial charge in [0, 0.05) is 12.1 Å². The molecule has 0 heterocycles. The zero-order valence-corrected chi connectivity index (χ0v) is 13.9. The van der Waals surface area contributed by atoms with Crippen LogP contribution in [-0.4, -0.2) is 53.8 Å². The second-order valence-corrected chi connectivity index (χ2v) is 7.02. The topological polar surface area (TPSA) is 66.6 Å². The molecule has 2 aliphatic carbocycles. The highest BCUT2D eigenvalue weighted by Crippen LogP contribution is 2.30. The van der Waals surface area contributed by atoms with Crippen LogP contribution in [0.2, 0.25) is 0 Å². The number of carbonyl (C=O) groups is 2. The third-order valence-electron chi connectivity index (χ3n) is 5.06. The molecule has 2 rings (SSSR count). The number of primary amides is 1. The summed E-state index contributed by atoms with van der Waals surface area (Å²) in [5, 5.41) is 0. The largest absolute Gasteiger partial charge is 0.369 e. The van der Waals surface area contributed by atoms with E-state index in [4.69, 9.17) is 5.73 Å². The molecule has 0 aromatic rings. The van der Waals surface area contributed by atoms with E-state index in [-0.39, 0.29) is 18.4 Å². The molecule has 2 amide bonds. The minimum absolute atomic E-state index is 0.148. The van der Waals surface area contributed by atoms with Gasteiger partial charge in [0.15, 0.2) is 0 Å². The van der Waals surface area contributed by atoms with E-state index < -0.39 is 0 Å². The molecule has 22 heavy (non-hydrogen) atoms. The fourth-order valence-electron chi connectivity index (χ4n) is 4.06. The van der Waals surface area contributed by atoms with Crippen molar-refractivity contribution in [3.63, 3.8) is 0 Å². The fourth-order valence-corrected chi connectivity index (χ4v) is 4.06. The van der Waals surface area contributed by atoms with E-state index in [1.165, 1.54) is 38.5 Å². The summed E-state index contributed by atoms with van der Waals surface area (Å²) in [6.07, 6.45) is 12.1. The zero-order chi connectivity index (χ0) is 15.9. The SMILES string of the molecule is CN(CC(N)=O)CC(=O)N(C1CCCCC1)C1CCCCC1. The van der Waals surface area contributed by atoms with Gasteiger partial charge in [-0.1, -0.05) is 38.5 Å². The predicted octanol–water partition coefficient (Wildman–Crippen LogP) is 1.90. The van der Waals surface area contributed by atoms with E-state index >= 15 is 0 Å². The molecule has 5 heteroatoms. The van der Waals surface area contributed by atoms with Crippen LogP contribution in [0.3, 0.4) is 0 Å². The van der Waals surface area contributed by atoms with Gasteiger partial charge in [0.05, 0.1) is 13.1 Å². The van der Waals surface area contributed by atoms with Gasteiger partial charge in [0.25, 0.3) is 0 Å². The van der Waals surface area contributed by atoms with E-state index in [0.29, 0.717) is 18.6 Å². The smallest absolute Gasteiger partial charge is 0.237 e. The maximum Gasteiger partial charge on any atom is 0.237 e. The highest BCUT2D eigenvalue weighted by atomic mass is 16.2. The monoisotopic (exact) mass is 309 g/mol. The Morgan fingerprint density at radius 3 is 1.73 bits per heavy atom. The summed E-state index contributed by atoms with van der Waals surface area (Å²) in [6.45, 7) is 0.449. The molecule has 0 bridgehead atoms. The summed E-state index contributed by atoms with van der Waals surface area (Å²) >= 11 is 0. The van der Waals surface area contributed by atoms with E-state index in [9.17, 15) is 9.59 Å². The normalized spacial score (nSPS) is 21.0. The molecule has 2 N–H and O–H groups in total. The van der Waals surface area contributed by atoms with Crippen LogP contribution in [0.5, 0.6) is 0 Å². The van der Waals surface area contributed by atoms with Gasteiger partial charge in [-0.25, -0.2) is 0 Å². The minimum Gasteiger partial charge on any atom is -0.369 e. The Bertz CT molecular complexity index is 356. The van der Waals surface area contributed by atoms with Crippen LogP contribution in [0.25, 0.3) is 0 Å². The number of nitrogens with zero attached hydrogens (tertiary/aromatic N) is 2. The van der Waals surface area contributed by atoms with Crippen LogP contribution in [0.4, 0.5) is 0 Å². The van der Waals surface area contributed by atoms with Crippen molar-refractivity contribution in [1.29, 1.82) is 0 Å². The van der Waals surface area contributed by atoms with Crippen LogP contribution in [0.1, 0.15) is 64.2 Å². The van der Waals surface area contributed by atoms with Gasteiger partial charge < -0.3 is 10.6 Å². The molecule has 0 aromatic heterocycles. The third-order valence-corrected chi connectivity index (χ3v) is 5.06. The highest BCUT2D eigenvalue weighted by Gasteiger charge is 2.32. The lowest BCUT2D eigenvalue weighted by Crippen LogP contribution is -2.52. The highest BCUT2D eigenvalue weighted by molar-refractivity contribution is 5.81. The molecule has 5 nitrogen and oxygen atoms in total. The van der Waals surface area contributed by atoms with Gasteiger partial charge in [-0.3, -0.25) is 14.5 Å². The van der Waals surface area contributed by atoms with Gasteiger partial charge in [-0.2, -0.15) is 0 Å². The number of carbonyl (C=O) groups excluding carboxylic acids is 2. The molecule has 126 valence electrons. The standard InChI is InChI=1S/C17H31N3O2/c1-19(12-16(18)21)13-17(22)20(14-8-4-2-5-9-14)15-10-6-3-7-11-15/h14-15H,2-13H2,1H3,(H2,18,21). The zero-order valence-electron chi connectivity index (χ0n) is 13.9. The molecular weight excluding hydrogens is 278 g/mol. The molecule has 0 spiro atoms. The summed E-state index contributed by atoms with van der Waals surface area (Å²) in [5.41, 5.74) is 5.23. The molecule has 0 atom stereocenters. The molecule has 0 aromatic carbocycles. The first-order valence-corrected chi connectivity index (χ1v) is 8.86. The quantitative estimate of drug-likeness (QED) is 0.815. The first-order valence-electron chi connectivity index (χ1n) is 8.86. The number of likely N-dealkylation sites (N-methyl/N-ethyl adjacent to an activating group) is 1. The maximum absolute atomic E-state index is 12.9. The van der Waals surface area contributed by atoms with Crippen molar-refractivity contribution >= 4 is 11.8 Å². The number of nitrogens with two attached hydrogens (primary N) is 1. The molecule has 2 saturated carbocycles. The summed E-state index contributed by atoms with van der Waals surface area (Å²) in [6, 6.07) is 0.817. The summed E-state index contributed by atoms with van der Waals surface area (Å²) in [7, 11) is 1.79. The molecule has 2 fully saturated rings. The van der Waals surface area contributed by atoms with E-state index in [1.54, 1.807) is 11.9 Å². The van der Waals surface area contributed by atoms with Crippen LogP contribution >= 0.6 is 0 Å². The molecule has 0 radical (unpaired) electrons. The van der Waals surface area contributed by atoms with Gasteiger partial charge in [-0.05, 0) is 32.7 Å². The lowest BCUT2D eigenvalue weighted by atomic mass is 9.88. The Kier molecular flexibility index (Phi) is 6.68. The molecule has 0 saturated heterocycles. The lowest BCUT2D eigenvalue weighted by Gasteiger charge is -2.42. The predicted molar refractivity (Wildman–Crippen MR) is 87.3 cm³/mol. The number of hydrogen-bond acceptors (Lipinski definition) is 3. The first-order chi connectivity index (χ1) is 10.6. The van der Waals surface area contributed by atoms with Crippen molar-refractivity contribution in [3.8, 4) is 0 Å². The summed E-state index contributed by atoms with van der Waals surface area (Å²) < 4.78 is 0. The Balaban J connectivity index is 2.01. The Morgan fingerprint density at radius 2 is 1.32 bits per heavy atom. The Hall–Kier alpha value is -1.10. The second-order valence-electron chi connectivity index (χ2n) is 7.02. The van der Waals surface area contributed by atoms with Crippen molar-refractivity contribution < 1.29 is 9.59 Å². The molecular formula is C17H31N3O2. The molecule has 0 unspecified atom stereocenters. The third kappa shape index (κ3) is 4.97. The number of rotatable bonds is 6. The van der Waals surface area contributed by atoms with Gasteiger partial charge in [0.2, 0.25) is 11.8 Å². The summed E-state index contributed by atoms with van der Waals surface area (Å²) in [5.74, 6) is -0.195. The fraction of sp³-hybridized carbons (Fsp3) is 0.882. The van der Waals surface area contributed by atoms with Crippen molar-refractivity contribution in [3.05, 3.63) is 0 Å². The first kappa shape index (κ1) is 17.3. The Labute approximate surface area is 134 Å². The van der Waals surface area contributed by atoms with Crippen LogP contribution in [-0.2, 0) is 9.59 Å². The molecule has 0 aliphatic heterocycles. The molecule has 2 aliphatic rings. The lowest BCUT2D eigenvalue weighted by molar-refractivity contribution is -0.139. The van der Waals surface area contributed by atoms with Crippen molar-refractivity contribution in [2.24, 2.45) is 5.73 Å². The minimum atomic E-state index is -0.378. The number of amides is 2. The maximum atomic E-state index is 12.9. The van der Waals surface area contributed by atoms with Crippen molar-refractivity contribution in [2.75, 3.05) is 20.1 Å². The van der Waals surface area contributed by atoms with Gasteiger partial charge >= 0.3 is 0 Å². The van der Waals surface area contributed by atoms with Crippen LogP contribution < -0.4 is 5.73 Å². The van der Waals surface area contributed by atoms with Crippen molar-refractivity contribution in [1.82, 2.24) is 9.80 Å². The van der Waals surface area contributed by atoms with Crippen molar-refractivity contribution in [2.45, 2.75) is 76.3 Å². The van der Waals surface area contributed by atoms with E-state index in [2.05, 4.69) is 4.90 Å². The van der Waals surface area contributed by atoms with Crippen LogP contribution in [0.15, 0.2) is 0 Å². The van der Waals surface area contributed by atoms with Gasteiger partial charge in [0.1, 0.15) is 0 Å². The summed E-state index contributed by atoms with van der Waals surface area (Å²) in [4.78, 5) is 27.8. The van der Waals surface area contributed by atoms with E-state index in [0.717, 1.165) is 25.7 Å². The van der Waals surface area contributed by atoms with Gasteiger partial charge in [-0.15, -0.1) is 0 Å². The Morgan fingerprint density at radius 1 is 0.864 bits per heavy atom. The average molecular weight is 309 g/mol. The van der Waals surface area contributed by atoms with E-state index in [1.807, 2.05) is 0 Å². The number of hydrogen-bond donors (Lipinski definition) is 1. The van der Waals surface area contributed by atoms with Crippen LogP contribution in [0, 0.1) is 0 Å². The second kappa shape index (κ2) is 8.51.